The molecule has 1 N–H and O–H groups in total. The number of piperazine rings is 1. The maximum Gasteiger partial charge on any atom is 0.123 e. The fourth-order valence-corrected chi connectivity index (χ4v) is 2.38. The predicted octanol–water partition coefficient (Wildman–Crippen LogP) is 1.03. The first-order valence-corrected chi connectivity index (χ1v) is 7.03. The van der Waals surface area contributed by atoms with E-state index >= 15 is 0 Å². The van der Waals surface area contributed by atoms with Crippen LogP contribution in [0.5, 0.6) is 5.75 Å². The van der Waals surface area contributed by atoms with E-state index in [1.165, 1.54) is 31.7 Å². The summed E-state index contributed by atoms with van der Waals surface area (Å²) < 4.78 is 5.35. The number of nitrogens with zero attached hydrogens (tertiary/aromatic N) is 2. The third kappa shape index (κ3) is 4.49. The number of rotatable bonds is 6. The zero-order valence-electron chi connectivity index (χ0n) is 12.1. The minimum absolute atomic E-state index is 0.873. The van der Waals surface area contributed by atoms with E-state index in [1.54, 1.807) is 7.11 Å². The quantitative estimate of drug-likeness (QED) is 0.776. The number of nitrogens with one attached hydrogen (secondary N) is 1. The highest BCUT2D eigenvalue weighted by atomic mass is 16.5. The first-order chi connectivity index (χ1) is 9.29. The molecule has 0 radical (unpaired) electrons. The van der Waals surface area contributed by atoms with Gasteiger partial charge in [-0.15, -0.1) is 0 Å². The molecular weight excluding hydrogens is 238 g/mol. The minimum atomic E-state index is 0.873. The summed E-state index contributed by atoms with van der Waals surface area (Å²) >= 11 is 0. The van der Waals surface area contributed by atoms with Crippen molar-refractivity contribution in [1.82, 2.24) is 15.1 Å². The van der Waals surface area contributed by atoms with Crippen molar-refractivity contribution in [2.75, 3.05) is 53.4 Å². The van der Waals surface area contributed by atoms with Gasteiger partial charge in [-0.05, 0) is 13.1 Å². The molecule has 0 spiro atoms. The minimum Gasteiger partial charge on any atom is -0.496 e. The van der Waals surface area contributed by atoms with Crippen LogP contribution in [0.1, 0.15) is 5.56 Å². The molecule has 0 aliphatic carbocycles. The first-order valence-electron chi connectivity index (χ1n) is 7.03. The lowest BCUT2D eigenvalue weighted by molar-refractivity contribution is 0.154. The molecule has 19 heavy (non-hydrogen) atoms. The van der Waals surface area contributed by atoms with Crippen molar-refractivity contribution in [2.45, 2.75) is 6.54 Å². The number of hydrogen-bond donors (Lipinski definition) is 1. The smallest absolute Gasteiger partial charge is 0.123 e. The Hall–Kier alpha value is -1.10. The van der Waals surface area contributed by atoms with E-state index in [9.17, 15) is 0 Å². The van der Waals surface area contributed by atoms with Crippen LogP contribution in [0, 0.1) is 0 Å². The fourth-order valence-electron chi connectivity index (χ4n) is 2.38. The van der Waals surface area contributed by atoms with Gasteiger partial charge >= 0.3 is 0 Å². The SMILES string of the molecule is COc1ccccc1CNCCN1CCN(C)CC1. The molecule has 4 nitrogen and oxygen atoms in total. The Labute approximate surface area is 116 Å². The normalized spacial score (nSPS) is 17.6. The largest absolute Gasteiger partial charge is 0.496 e. The highest BCUT2D eigenvalue weighted by Gasteiger charge is 2.12. The zero-order chi connectivity index (χ0) is 13.5. The van der Waals surface area contributed by atoms with E-state index in [0.29, 0.717) is 0 Å². The van der Waals surface area contributed by atoms with Crippen LogP contribution in [0.3, 0.4) is 0 Å². The zero-order valence-corrected chi connectivity index (χ0v) is 12.1. The maximum absolute atomic E-state index is 5.35. The highest BCUT2D eigenvalue weighted by molar-refractivity contribution is 5.32. The number of benzene rings is 1. The van der Waals surface area contributed by atoms with Crippen LogP contribution >= 0.6 is 0 Å². The van der Waals surface area contributed by atoms with Crippen molar-refractivity contribution < 1.29 is 4.74 Å². The Kier molecular flexibility index (Phi) is 5.63. The Morgan fingerprint density at radius 3 is 2.63 bits per heavy atom. The summed E-state index contributed by atoms with van der Waals surface area (Å²) in [7, 11) is 3.92. The van der Waals surface area contributed by atoms with Gasteiger partial charge in [0.1, 0.15) is 5.75 Å². The Balaban J connectivity index is 1.66. The second kappa shape index (κ2) is 7.48. The molecule has 1 aromatic rings. The van der Waals surface area contributed by atoms with Crippen LogP contribution in [0.2, 0.25) is 0 Å². The monoisotopic (exact) mass is 263 g/mol. The van der Waals surface area contributed by atoms with Crippen molar-refractivity contribution >= 4 is 0 Å². The van der Waals surface area contributed by atoms with E-state index in [2.05, 4.69) is 34.3 Å². The molecular formula is C15H25N3O. The lowest BCUT2D eigenvalue weighted by Gasteiger charge is -2.32. The molecule has 0 aromatic heterocycles. The Bertz CT molecular complexity index is 375. The fraction of sp³-hybridized carbons (Fsp3) is 0.600. The molecule has 0 bridgehead atoms. The summed E-state index contributed by atoms with van der Waals surface area (Å²) in [5.41, 5.74) is 1.23. The van der Waals surface area contributed by atoms with Crippen LogP contribution in [-0.2, 0) is 6.54 Å². The van der Waals surface area contributed by atoms with Crippen molar-refractivity contribution in [3.8, 4) is 5.75 Å². The van der Waals surface area contributed by atoms with Gasteiger partial charge in [0, 0.05) is 51.4 Å². The van der Waals surface area contributed by atoms with Crippen LogP contribution in [0.4, 0.5) is 0 Å². The van der Waals surface area contributed by atoms with E-state index in [4.69, 9.17) is 4.74 Å². The summed E-state index contributed by atoms with van der Waals surface area (Å²) in [6.07, 6.45) is 0. The van der Waals surface area contributed by atoms with Gasteiger partial charge in [0.15, 0.2) is 0 Å². The van der Waals surface area contributed by atoms with Gasteiger partial charge in [0.05, 0.1) is 7.11 Å². The Morgan fingerprint density at radius 1 is 1.16 bits per heavy atom. The average molecular weight is 263 g/mol. The second-order valence-electron chi connectivity index (χ2n) is 5.13. The number of methoxy groups -OCH3 is 1. The highest BCUT2D eigenvalue weighted by Crippen LogP contribution is 2.16. The standard InChI is InChI=1S/C15H25N3O/c1-17-9-11-18(12-10-17)8-7-16-13-14-5-3-4-6-15(14)19-2/h3-6,16H,7-13H2,1-2H3. The van der Waals surface area contributed by atoms with E-state index in [0.717, 1.165) is 25.4 Å². The third-order valence-electron chi connectivity index (χ3n) is 3.71. The van der Waals surface area contributed by atoms with Crippen LogP contribution in [-0.4, -0.2) is 63.2 Å². The molecule has 106 valence electrons. The molecule has 0 saturated carbocycles. The number of para-hydroxylation sites is 1. The molecule has 1 aromatic carbocycles. The van der Waals surface area contributed by atoms with E-state index in [-0.39, 0.29) is 0 Å². The molecule has 4 heteroatoms. The molecule has 0 atom stereocenters. The molecule has 2 rings (SSSR count). The third-order valence-corrected chi connectivity index (χ3v) is 3.71. The summed E-state index contributed by atoms with van der Waals surface area (Å²) in [5, 5.41) is 3.50. The van der Waals surface area contributed by atoms with Crippen molar-refractivity contribution in [1.29, 1.82) is 0 Å². The number of likely N-dealkylation sites (N-methyl/N-ethyl adjacent to an activating group) is 1. The number of hydrogen-bond acceptors (Lipinski definition) is 4. The first kappa shape index (κ1) is 14.3. The summed E-state index contributed by atoms with van der Waals surface area (Å²) in [5.74, 6) is 0.967. The van der Waals surface area contributed by atoms with E-state index in [1.807, 2.05) is 12.1 Å². The van der Waals surface area contributed by atoms with Crippen LogP contribution < -0.4 is 10.1 Å². The molecule has 1 fully saturated rings. The molecule has 0 unspecified atom stereocenters. The molecule has 1 saturated heterocycles. The summed E-state index contributed by atoms with van der Waals surface area (Å²) in [6, 6.07) is 8.19. The molecule has 1 heterocycles. The molecule has 0 amide bonds. The average Bonchev–Trinajstić information content (AvgIpc) is 2.46. The van der Waals surface area contributed by atoms with Crippen molar-refractivity contribution in [2.24, 2.45) is 0 Å². The van der Waals surface area contributed by atoms with Crippen LogP contribution in [0.15, 0.2) is 24.3 Å². The number of ether oxygens (including phenoxy) is 1. The van der Waals surface area contributed by atoms with Gasteiger partial charge in [-0.3, -0.25) is 4.90 Å². The van der Waals surface area contributed by atoms with Gasteiger partial charge in [-0.2, -0.15) is 0 Å². The predicted molar refractivity (Wildman–Crippen MR) is 78.6 cm³/mol. The summed E-state index contributed by atoms with van der Waals surface area (Å²) in [6.45, 7) is 7.78. The van der Waals surface area contributed by atoms with Gasteiger partial charge in [-0.25, -0.2) is 0 Å². The molecule has 1 aliphatic heterocycles. The summed E-state index contributed by atoms with van der Waals surface area (Å²) in [4.78, 5) is 4.91. The van der Waals surface area contributed by atoms with Gasteiger partial charge in [0.25, 0.3) is 0 Å². The Morgan fingerprint density at radius 2 is 1.89 bits per heavy atom. The van der Waals surface area contributed by atoms with Gasteiger partial charge in [-0.1, -0.05) is 18.2 Å². The van der Waals surface area contributed by atoms with Crippen molar-refractivity contribution in [3.63, 3.8) is 0 Å². The van der Waals surface area contributed by atoms with Gasteiger partial charge < -0.3 is 15.0 Å². The maximum atomic E-state index is 5.35. The topological polar surface area (TPSA) is 27.7 Å². The lowest BCUT2D eigenvalue weighted by atomic mass is 10.2. The van der Waals surface area contributed by atoms with Crippen molar-refractivity contribution in [3.05, 3.63) is 29.8 Å². The lowest BCUT2D eigenvalue weighted by Crippen LogP contribution is -2.46. The second-order valence-corrected chi connectivity index (χ2v) is 5.13. The molecule has 1 aliphatic rings. The van der Waals surface area contributed by atoms with Gasteiger partial charge in [0.2, 0.25) is 0 Å². The van der Waals surface area contributed by atoms with E-state index < -0.39 is 0 Å². The van der Waals surface area contributed by atoms with Crippen LogP contribution in [0.25, 0.3) is 0 Å².